The molecule has 0 bridgehead atoms. The molecule has 94 valence electrons. The highest BCUT2D eigenvalue weighted by molar-refractivity contribution is 8.14. The van der Waals surface area contributed by atoms with Crippen molar-refractivity contribution in [2.45, 2.75) is 12.5 Å². The zero-order chi connectivity index (χ0) is 12.8. The smallest absolute Gasteiger partial charge is 0.161 e. The number of amidine groups is 1. The van der Waals surface area contributed by atoms with Gasteiger partial charge in [-0.15, -0.1) is 0 Å². The highest BCUT2D eigenvalue weighted by Gasteiger charge is 2.17. The lowest BCUT2D eigenvalue weighted by Gasteiger charge is -2.04. The summed E-state index contributed by atoms with van der Waals surface area (Å²) in [4.78, 5) is 4.58. The van der Waals surface area contributed by atoms with Crippen LogP contribution in [-0.4, -0.2) is 30.7 Å². The maximum absolute atomic E-state index is 8.83. The molecule has 1 atom stereocenters. The molecule has 0 radical (unpaired) electrons. The lowest BCUT2D eigenvalue weighted by atomic mass is 10.2. The van der Waals surface area contributed by atoms with Crippen LogP contribution in [0.3, 0.4) is 0 Å². The van der Waals surface area contributed by atoms with Crippen LogP contribution >= 0.6 is 11.8 Å². The molecule has 1 N–H and O–H groups in total. The first kappa shape index (κ1) is 12.9. The molecule has 1 aromatic rings. The van der Waals surface area contributed by atoms with Gasteiger partial charge in [-0.25, -0.2) is 0 Å². The number of rotatable bonds is 4. The fourth-order valence-corrected chi connectivity index (χ4v) is 2.68. The molecule has 1 aromatic carbocycles. The summed E-state index contributed by atoms with van der Waals surface area (Å²) < 4.78 is 5.05. The Kier molecular flexibility index (Phi) is 4.62. The largest absolute Gasteiger partial charge is 0.385 e. The first-order valence-electron chi connectivity index (χ1n) is 5.78. The van der Waals surface area contributed by atoms with E-state index in [-0.39, 0.29) is 0 Å². The second kappa shape index (κ2) is 6.43. The first-order valence-corrected chi connectivity index (χ1v) is 6.77. The minimum atomic E-state index is 0.330. The SMILES string of the molecule is COCCC1CSC(Nc2cccc(C#N)c2)=N1. The van der Waals surface area contributed by atoms with Crippen LogP contribution in [0.2, 0.25) is 0 Å². The molecule has 5 heteroatoms. The zero-order valence-corrected chi connectivity index (χ0v) is 11.0. The summed E-state index contributed by atoms with van der Waals surface area (Å²) >= 11 is 1.71. The van der Waals surface area contributed by atoms with Crippen LogP contribution in [0.1, 0.15) is 12.0 Å². The van der Waals surface area contributed by atoms with Crippen molar-refractivity contribution in [1.29, 1.82) is 5.26 Å². The summed E-state index contributed by atoms with van der Waals surface area (Å²) in [5.74, 6) is 0.990. The van der Waals surface area contributed by atoms with Gasteiger partial charge in [-0.05, 0) is 24.6 Å². The Morgan fingerprint density at radius 1 is 1.61 bits per heavy atom. The highest BCUT2D eigenvalue weighted by atomic mass is 32.2. The average Bonchev–Trinajstić information content (AvgIpc) is 2.84. The lowest BCUT2D eigenvalue weighted by Crippen LogP contribution is -2.08. The van der Waals surface area contributed by atoms with Gasteiger partial charge >= 0.3 is 0 Å². The maximum Gasteiger partial charge on any atom is 0.161 e. The van der Waals surface area contributed by atoms with Crippen molar-refractivity contribution in [2.75, 3.05) is 24.8 Å². The quantitative estimate of drug-likeness (QED) is 0.904. The van der Waals surface area contributed by atoms with Crippen LogP contribution in [0.25, 0.3) is 0 Å². The van der Waals surface area contributed by atoms with E-state index < -0.39 is 0 Å². The topological polar surface area (TPSA) is 57.4 Å². The monoisotopic (exact) mass is 261 g/mol. The van der Waals surface area contributed by atoms with Crippen LogP contribution in [0.5, 0.6) is 0 Å². The Morgan fingerprint density at radius 3 is 3.28 bits per heavy atom. The molecule has 0 aromatic heterocycles. The fraction of sp³-hybridized carbons (Fsp3) is 0.385. The third-order valence-corrected chi connectivity index (χ3v) is 3.64. The molecule has 4 nitrogen and oxygen atoms in total. The molecule has 0 saturated heterocycles. The number of thioether (sulfide) groups is 1. The van der Waals surface area contributed by atoms with Crippen molar-refractivity contribution < 1.29 is 4.74 Å². The fourth-order valence-electron chi connectivity index (χ4n) is 1.68. The van der Waals surface area contributed by atoms with Crippen LogP contribution in [0.15, 0.2) is 29.3 Å². The molecule has 2 rings (SSSR count). The summed E-state index contributed by atoms with van der Waals surface area (Å²) in [6.45, 7) is 0.742. The number of methoxy groups -OCH3 is 1. The predicted molar refractivity (Wildman–Crippen MR) is 75.0 cm³/mol. The van der Waals surface area contributed by atoms with Gasteiger partial charge in [0, 0.05) is 25.2 Å². The molecule has 1 heterocycles. The maximum atomic E-state index is 8.83. The molecule has 0 fully saturated rings. The summed E-state index contributed by atoms with van der Waals surface area (Å²) in [5.41, 5.74) is 1.56. The number of benzene rings is 1. The van der Waals surface area contributed by atoms with Crippen molar-refractivity contribution in [3.8, 4) is 6.07 Å². The molecular weight excluding hydrogens is 246 g/mol. The van der Waals surface area contributed by atoms with Crippen LogP contribution in [0, 0.1) is 11.3 Å². The lowest BCUT2D eigenvalue weighted by molar-refractivity contribution is 0.190. The van der Waals surface area contributed by atoms with Gasteiger partial charge in [0.1, 0.15) is 0 Å². The Labute approximate surface area is 111 Å². The van der Waals surface area contributed by atoms with Crippen LogP contribution in [0.4, 0.5) is 5.69 Å². The molecule has 1 unspecified atom stereocenters. The molecule has 1 aliphatic rings. The summed E-state index contributed by atoms with van der Waals surface area (Å²) in [6.07, 6.45) is 0.951. The summed E-state index contributed by atoms with van der Waals surface area (Å²) in [6, 6.07) is 9.87. The molecule has 0 saturated carbocycles. The van der Waals surface area contributed by atoms with E-state index in [1.165, 1.54) is 0 Å². The number of nitrogens with zero attached hydrogens (tertiary/aromatic N) is 2. The van der Waals surface area contributed by atoms with Crippen molar-refractivity contribution in [2.24, 2.45) is 4.99 Å². The van der Waals surface area contributed by atoms with E-state index in [9.17, 15) is 0 Å². The average molecular weight is 261 g/mol. The van der Waals surface area contributed by atoms with Gasteiger partial charge in [0.15, 0.2) is 5.17 Å². The molecule has 0 spiro atoms. The number of aliphatic imine (C=N–C) groups is 1. The molecule has 0 amide bonds. The number of nitrogens with one attached hydrogen (secondary N) is 1. The van der Waals surface area contributed by atoms with Gasteiger partial charge in [-0.3, -0.25) is 4.99 Å². The third-order valence-electron chi connectivity index (χ3n) is 2.61. The first-order chi connectivity index (χ1) is 8.81. The number of hydrogen-bond donors (Lipinski definition) is 1. The third kappa shape index (κ3) is 3.49. The Balaban J connectivity index is 1.95. The molecule has 18 heavy (non-hydrogen) atoms. The second-order valence-electron chi connectivity index (χ2n) is 4.00. The van der Waals surface area contributed by atoms with Gasteiger partial charge in [-0.1, -0.05) is 17.8 Å². The van der Waals surface area contributed by atoms with E-state index in [2.05, 4.69) is 16.4 Å². The van der Waals surface area contributed by atoms with Gasteiger partial charge in [0.25, 0.3) is 0 Å². The van der Waals surface area contributed by atoms with E-state index in [1.54, 1.807) is 24.9 Å². The van der Waals surface area contributed by atoms with Gasteiger partial charge in [-0.2, -0.15) is 5.26 Å². The predicted octanol–water partition coefficient (Wildman–Crippen LogP) is 2.48. The molecule has 0 aliphatic carbocycles. The van der Waals surface area contributed by atoms with E-state index >= 15 is 0 Å². The van der Waals surface area contributed by atoms with E-state index in [0.717, 1.165) is 29.6 Å². The normalized spacial score (nSPS) is 18.2. The summed E-state index contributed by atoms with van der Waals surface area (Å²) in [7, 11) is 1.71. The van der Waals surface area contributed by atoms with Crippen molar-refractivity contribution in [3.63, 3.8) is 0 Å². The number of anilines is 1. The van der Waals surface area contributed by atoms with E-state index in [0.29, 0.717) is 11.6 Å². The second-order valence-corrected chi connectivity index (χ2v) is 5.01. The highest BCUT2D eigenvalue weighted by Crippen LogP contribution is 2.22. The summed E-state index contributed by atoms with van der Waals surface area (Å²) in [5, 5.41) is 13.0. The minimum absolute atomic E-state index is 0.330. The number of ether oxygens (including phenoxy) is 1. The number of nitriles is 1. The van der Waals surface area contributed by atoms with Gasteiger partial charge in [0.05, 0.1) is 17.7 Å². The Morgan fingerprint density at radius 2 is 2.50 bits per heavy atom. The van der Waals surface area contributed by atoms with Crippen molar-refractivity contribution in [3.05, 3.63) is 29.8 Å². The van der Waals surface area contributed by atoms with Gasteiger partial charge in [0.2, 0.25) is 0 Å². The number of hydrogen-bond acceptors (Lipinski definition) is 5. The van der Waals surface area contributed by atoms with Crippen molar-refractivity contribution >= 4 is 22.6 Å². The van der Waals surface area contributed by atoms with Gasteiger partial charge < -0.3 is 10.1 Å². The minimum Gasteiger partial charge on any atom is -0.385 e. The zero-order valence-electron chi connectivity index (χ0n) is 10.2. The molecule has 1 aliphatic heterocycles. The standard InChI is InChI=1S/C13H15N3OS/c1-17-6-5-12-9-18-13(16-12)15-11-4-2-3-10(7-11)8-14/h2-4,7,12H,5-6,9H2,1H3,(H,15,16). The Hall–Kier alpha value is -1.51. The van der Waals surface area contributed by atoms with Crippen LogP contribution in [-0.2, 0) is 4.74 Å². The van der Waals surface area contributed by atoms with E-state index in [1.807, 2.05) is 18.2 Å². The molecular formula is C13H15N3OS. The Bertz CT molecular complexity index is 481. The van der Waals surface area contributed by atoms with Crippen LogP contribution < -0.4 is 5.32 Å². The van der Waals surface area contributed by atoms with Crippen molar-refractivity contribution in [1.82, 2.24) is 0 Å². The van der Waals surface area contributed by atoms with E-state index in [4.69, 9.17) is 10.00 Å².